The van der Waals surface area contributed by atoms with Crippen LogP contribution in [0, 0.1) is 0 Å². The van der Waals surface area contributed by atoms with Crippen LogP contribution in [0.15, 0.2) is 109 Å². The molecule has 0 aliphatic rings. The highest BCUT2D eigenvalue weighted by Gasteiger charge is 2.20. The van der Waals surface area contributed by atoms with E-state index in [4.69, 9.17) is 0 Å². The number of aromatic hydroxyl groups is 1. The fourth-order valence-corrected chi connectivity index (χ4v) is 3.25. The second kappa shape index (κ2) is 8.45. The van der Waals surface area contributed by atoms with Gasteiger partial charge in [0.1, 0.15) is 5.75 Å². The molecule has 0 aliphatic carbocycles. The van der Waals surface area contributed by atoms with Crippen LogP contribution in [-0.4, -0.2) is 16.8 Å². The van der Waals surface area contributed by atoms with Gasteiger partial charge in [0.2, 0.25) is 0 Å². The SMILES string of the molecule is O=C(c1ccc(N(C(=O)c2ccccc2)c2ccccc2)cc1)c1ccccc1O. The van der Waals surface area contributed by atoms with Crippen molar-refractivity contribution >= 4 is 23.1 Å². The van der Waals surface area contributed by atoms with Crippen LogP contribution in [0.1, 0.15) is 26.3 Å². The summed E-state index contributed by atoms with van der Waals surface area (Å²) in [5.74, 6) is -0.501. The zero-order chi connectivity index (χ0) is 20.9. The predicted molar refractivity (Wildman–Crippen MR) is 117 cm³/mol. The Morgan fingerprint density at radius 3 is 1.73 bits per heavy atom. The van der Waals surface area contributed by atoms with Gasteiger partial charge in [-0.3, -0.25) is 14.5 Å². The fraction of sp³-hybridized carbons (Fsp3) is 0. The molecule has 0 bridgehead atoms. The third-order valence-corrected chi connectivity index (χ3v) is 4.77. The van der Waals surface area contributed by atoms with Gasteiger partial charge < -0.3 is 5.11 Å². The van der Waals surface area contributed by atoms with Crippen molar-refractivity contribution in [3.63, 3.8) is 0 Å². The largest absolute Gasteiger partial charge is 0.507 e. The van der Waals surface area contributed by atoms with Crippen LogP contribution < -0.4 is 4.90 Å². The second-order valence-corrected chi connectivity index (χ2v) is 6.74. The summed E-state index contributed by atoms with van der Waals surface area (Å²) in [6, 6.07) is 31.7. The minimum Gasteiger partial charge on any atom is -0.507 e. The molecule has 1 N–H and O–H groups in total. The molecule has 0 unspecified atom stereocenters. The van der Waals surface area contributed by atoms with Crippen molar-refractivity contribution < 1.29 is 14.7 Å². The van der Waals surface area contributed by atoms with E-state index in [1.165, 1.54) is 6.07 Å². The maximum atomic E-state index is 13.3. The Hall–Kier alpha value is -4.18. The third kappa shape index (κ3) is 3.84. The maximum Gasteiger partial charge on any atom is 0.262 e. The van der Waals surface area contributed by atoms with E-state index < -0.39 is 0 Å². The number of anilines is 2. The highest BCUT2D eigenvalue weighted by Crippen LogP contribution is 2.29. The number of carbonyl (C=O) groups excluding carboxylic acids is 2. The monoisotopic (exact) mass is 393 g/mol. The van der Waals surface area contributed by atoms with Gasteiger partial charge in [-0.05, 0) is 60.7 Å². The Kier molecular flexibility index (Phi) is 5.39. The van der Waals surface area contributed by atoms with Crippen LogP contribution in [-0.2, 0) is 0 Å². The number of benzene rings is 4. The van der Waals surface area contributed by atoms with Gasteiger partial charge >= 0.3 is 0 Å². The average molecular weight is 393 g/mol. The molecule has 0 saturated carbocycles. The number of nitrogens with zero attached hydrogens (tertiary/aromatic N) is 1. The molecule has 0 aliphatic heterocycles. The highest BCUT2D eigenvalue weighted by atomic mass is 16.3. The summed E-state index contributed by atoms with van der Waals surface area (Å²) in [5.41, 5.74) is 2.61. The first-order chi connectivity index (χ1) is 14.6. The van der Waals surface area contributed by atoms with Crippen LogP contribution in [0.3, 0.4) is 0 Å². The van der Waals surface area contributed by atoms with E-state index in [9.17, 15) is 14.7 Å². The number of hydrogen-bond acceptors (Lipinski definition) is 3. The molecule has 0 spiro atoms. The van der Waals surface area contributed by atoms with Gasteiger partial charge in [-0.25, -0.2) is 0 Å². The van der Waals surface area contributed by atoms with E-state index in [1.807, 2.05) is 48.5 Å². The minimum absolute atomic E-state index is 0.0586. The first-order valence-corrected chi connectivity index (χ1v) is 9.52. The van der Waals surface area contributed by atoms with E-state index >= 15 is 0 Å². The maximum absolute atomic E-state index is 13.3. The number of amides is 1. The summed E-state index contributed by atoms with van der Waals surface area (Å²) >= 11 is 0. The molecular weight excluding hydrogens is 374 g/mol. The summed E-state index contributed by atoms with van der Waals surface area (Å²) in [5, 5.41) is 9.96. The van der Waals surface area contributed by atoms with Crippen molar-refractivity contribution in [2.45, 2.75) is 0 Å². The number of carbonyl (C=O) groups is 2. The number of phenols is 1. The van der Waals surface area contributed by atoms with Gasteiger partial charge in [0, 0.05) is 22.5 Å². The number of phenolic OH excluding ortho intramolecular Hbond substituents is 1. The second-order valence-electron chi connectivity index (χ2n) is 6.74. The van der Waals surface area contributed by atoms with E-state index in [0.29, 0.717) is 16.8 Å². The molecule has 4 aromatic carbocycles. The van der Waals surface area contributed by atoms with E-state index in [0.717, 1.165) is 5.69 Å². The van der Waals surface area contributed by atoms with Crippen molar-refractivity contribution in [3.8, 4) is 5.75 Å². The third-order valence-electron chi connectivity index (χ3n) is 4.77. The van der Waals surface area contributed by atoms with Crippen molar-refractivity contribution in [1.82, 2.24) is 0 Å². The van der Waals surface area contributed by atoms with Gasteiger partial charge in [-0.15, -0.1) is 0 Å². The van der Waals surface area contributed by atoms with Crippen LogP contribution in [0.4, 0.5) is 11.4 Å². The average Bonchev–Trinajstić information content (AvgIpc) is 2.81. The fourth-order valence-electron chi connectivity index (χ4n) is 3.25. The van der Waals surface area contributed by atoms with E-state index in [2.05, 4.69) is 0 Å². The Morgan fingerprint density at radius 1 is 0.567 bits per heavy atom. The molecule has 0 saturated heterocycles. The highest BCUT2D eigenvalue weighted by molar-refractivity contribution is 6.12. The Balaban J connectivity index is 1.71. The van der Waals surface area contributed by atoms with Crippen molar-refractivity contribution in [1.29, 1.82) is 0 Å². The molecule has 0 aromatic heterocycles. The summed E-state index contributed by atoms with van der Waals surface area (Å²) in [7, 11) is 0. The van der Waals surface area contributed by atoms with Crippen molar-refractivity contribution in [2.75, 3.05) is 4.90 Å². The lowest BCUT2D eigenvalue weighted by atomic mass is 10.0. The molecule has 4 heteroatoms. The summed E-state index contributed by atoms with van der Waals surface area (Å²) < 4.78 is 0. The molecule has 0 fully saturated rings. The van der Waals surface area contributed by atoms with Crippen LogP contribution >= 0.6 is 0 Å². The van der Waals surface area contributed by atoms with Crippen LogP contribution in [0.2, 0.25) is 0 Å². The lowest BCUT2D eigenvalue weighted by Gasteiger charge is -2.23. The Bertz CT molecular complexity index is 1170. The number of ketones is 1. The summed E-state index contributed by atoms with van der Waals surface area (Å²) in [6.45, 7) is 0. The summed E-state index contributed by atoms with van der Waals surface area (Å²) in [6.07, 6.45) is 0. The van der Waals surface area contributed by atoms with Crippen molar-refractivity contribution in [2.24, 2.45) is 0 Å². The molecule has 4 rings (SSSR count). The molecular formula is C26H19NO3. The van der Waals surface area contributed by atoms with Gasteiger partial charge in [-0.2, -0.15) is 0 Å². The van der Waals surface area contributed by atoms with Gasteiger partial charge in [-0.1, -0.05) is 48.5 Å². The molecule has 0 radical (unpaired) electrons. The zero-order valence-corrected chi connectivity index (χ0v) is 16.1. The molecule has 0 atom stereocenters. The Morgan fingerprint density at radius 2 is 1.10 bits per heavy atom. The molecule has 4 aromatic rings. The van der Waals surface area contributed by atoms with Crippen LogP contribution in [0.25, 0.3) is 0 Å². The number of rotatable bonds is 5. The zero-order valence-electron chi connectivity index (χ0n) is 16.1. The molecule has 4 nitrogen and oxygen atoms in total. The van der Waals surface area contributed by atoms with Gasteiger partial charge in [0.25, 0.3) is 5.91 Å². The standard InChI is InChI=1S/C26H19NO3/c28-24-14-8-7-13-23(24)25(29)19-15-17-22(18-16-19)27(21-11-5-2-6-12-21)26(30)20-9-3-1-4-10-20/h1-18,28H. The van der Waals surface area contributed by atoms with Gasteiger partial charge in [0.05, 0.1) is 5.56 Å². The topological polar surface area (TPSA) is 57.6 Å². The molecule has 1 amide bonds. The lowest BCUT2D eigenvalue weighted by molar-refractivity contribution is 0.0998. The first kappa shape index (κ1) is 19.2. The van der Waals surface area contributed by atoms with E-state index in [-0.39, 0.29) is 23.0 Å². The lowest BCUT2D eigenvalue weighted by Crippen LogP contribution is -2.25. The van der Waals surface area contributed by atoms with Gasteiger partial charge in [0.15, 0.2) is 5.78 Å². The molecule has 30 heavy (non-hydrogen) atoms. The minimum atomic E-state index is -0.278. The smallest absolute Gasteiger partial charge is 0.262 e. The van der Waals surface area contributed by atoms with E-state index in [1.54, 1.807) is 59.5 Å². The summed E-state index contributed by atoms with van der Waals surface area (Å²) in [4.78, 5) is 27.6. The molecule has 0 heterocycles. The number of hydrogen-bond donors (Lipinski definition) is 1. The Labute approximate surface area is 174 Å². The number of para-hydroxylation sites is 2. The van der Waals surface area contributed by atoms with Crippen molar-refractivity contribution in [3.05, 3.63) is 126 Å². The quantitative estimate of drug-likeness (QED) is 0.449. The normalized spacial score (nSPS) is 10.4. The first-order valence-electron chi connectivity index (χ1n) is 9.52. The predicted octanol–water partition coefficient (Wildman–Crippen LogP) is 5.60. The van der Waals surface area contributed by atoms with Crippen LogP contribution in [0.5, 0.6) is 5.75 Å². The molecule has 146 valence electrons.